The molecule has 0 aliphatic heterocycles. The molecule has 0 saturated heterocycles. The van der Waals surface area contributed by atoms with Gasteiger partial charge in [-0.05, 0) is 30.5 Å². The Morgan fingerprint density at radius 2 is 1.96 bits per heavy atom. The second-order valence-electron chi connectivity index (χ2n) is 7.52. The van der Waals surface area contributed by atoms with E-state index in [9.17, 15) is 9.18 Å². The Morgan fingerprint density at radius 1 is 1.18 bits per heavy atom. The molecule has 0 saturated carbocycles. The highest BCUT2D eigenvalue weighted by atomic mass is 19.1. The summed E-state index contributed by atoms with van der Waals surface area (Å²) in [6.45, 7) is 7.70. The summed E-state index contributed by atoms with van der Waals surface area (Å²) in [5.41, 5.74) is 2.48. The van der Waals surface area contributed by atoms with E-state index in [0.717, 1.165) is 5.82 Å². The van der Waals surface area contributed by atoms with Crippen molar-refractivity contribution >= 4 is 5.91 Å². The second-order valence-corrected chi connectivity index (χ2v) is 7.52. The Kier molecular flexibility index (Phi) is 6.24. The molecule has 0 radical (unpaired) electrons. The average molecular weight is 379 g/mol. The lowest BCUT2D eigenvalue weighted by atomic mass is 10.1. The number of carbonyl (C=O) groups excluding carboxylic acids is 1. The molecular weight excluding hydrogens is 353 g/mol. The molecule has 0 fully saturated rings. The largest absolute Gasteiger partial charge is 0.331 e. The van der Waals surface area contributed by atoms with Crippen LogP contribution in [0.2, 0.25) is 0 Å². The van der Waals surface area contributed by atoms with Crippen molar-refractivity contribution in [2.24, 2.45) is 5.92 Å². The lowest BCUT2D eigenvalue weighted by molar-refractivity contribution is 0.0711. The number of carbonyl (C=O) groups is 1. The summed E-state index contributed by atoms with van der Waals surface area (Å²) in [4.78, 5) is 19.1. The van der Waals surface area contributed by atoms with E-state index in [1.165, 1.54) is 23.3 Å². The number of benzene rings is 2. The van der Waals surface area contributed by atoms with E-state index in [-0.39, 0.29) is 17.4 Å². The van der Waals surface area contributed by atoms with Crippen molar-refractivity contribution in [2.45, 2.75) is 33.9 Å². The first kappa shape index (κ1) is 19.8. The minimum atomic E-state index is -0.496. The maximum absolute atomic E-state index is 14.2. The molecule has 1 amide bonds. The van der Waals surface area contributed by atoms with Gasteiger partial charge in [-0.25, -0.2) is 9.37 Å². The van der Waals surface area contributed by atoms with Crippen LogP contribution in [0.1, 0.15) is 41.2 Å². The molecule has 0 spiro atoms. The van der Waals surface area contributed by atoms with Gasteiger partial charge in [0, 0.05) is 25.5 Å². The molecule has 0 unspecified atom stereocenters. The van der Waals surface area contributed by atoms with Crippen molar-refractivity contribution in [3.63, 3.8) is 0 Å². The van der Waals surface area contributed by atoms with E-state index >= 15 is 0 Å². The lowest BCUT2D eigenvalue weighted by Gasteiger charge is -2.25. The molecule has 4 nitrogen and oxygen atoms in total. The zero-order chi connectivity index (χ0) is 20.1. The van der Waals surface area contributed by atoms with Gasteiger partial charge in [-0.3, -0.25) is 4.79 Å². The third-order valence-corrected chi connectivity index (χ3v) is 4.55. The molecule has 1 heterocycles. The number of nitrogens with zero attached hydrogens (tertiary/aromatic N) is 3. The number of amides is 1. The summed E-state index contributed by atoms with van der Waals surface area (Å²) in [5.74, 6) is 0.240. The van der Waals surface area contributed by atoms with Crippen LogP contribution in [-0.2, 0) is 13.1 Å². The van der Waals surface area contributed by atoms with Crippen molar-refractivity contribution in [1.29, 1.82) is 0 Å². The summed E-state index contributed by atoms with van der Waals surface area (Å²) < 4.78 is 16.2. The van der Waals surface area contributed by atoms with E-state index in [4.69, 9.17) is 0 Å². The van der Waals surface area contributed by atoms with E-state index < -0.39 is 5.82 Å². The van der Waals surface area contributed by atoms with Crippen LogP contribution in [0.4, 0.5) is 4.39 Å². The van der Waals surface area contributed by atoms with Crippen LogP contribution >= 0.6 is 0 Å². The predicted octanol–water partition coefficient (Wildman–Crippen LogP) is 4.68. The fourth-order valence-electron chi connectivity index (χ4n) is 3.28. The van der Waals surface area contributed by atoms with Crippen LogP contribution in [0, 0.1) is 18.7 Å². The number of imidazole rings is 1. The molecule has 0 N–H and O–H groups in total. The van der Waals surface area contributed by atoms with Crippen LogP contribution in [-0.4, -0.2) is 26.9 Å². The van der Waals surface area contributed by atoms with Gasteiger partial charge in [0.25, 0.3) is 5.91 Å². The highest BCUT2D eigenvalue weighted by Crippen LogP contribution is 2.15. The minimum absolute atomic E-state index is 0.0972. The summed E-state index contributed by atoms with van der Waals surface area (Å²) in [7, 11) is 0. The smallest absolute Gasteiger partial charge is 0.257 e. The number of aryl methyl sites for hydroxylation is 1. The molecule has 28 heavy (non-hydrogen) atoms. The number of hydrogen-bond acceptors (Lipinski definition) is 2. The van der Waals surface area contributed by atoms with Gasteiger partial charge in [0.2, 0.25) is 0 Å². The van der Waals surface area contributed by atoms with E-state index in [1.807, 2.05) is 30.7 Å². The third kappa shape index (κ3) is 4.85. The van der Waals surface area contributed by atoms with Gasteiger partial charge in [0.1, 0.15) is 11.6 Å². The molecule has 0 bridgehead atoms. The quantitative estimate of drug-likeness (QED) is 0.598. The Labute approximate surface area is 165 Å². The fourth-order valence-corrected chi connectivity index (χ4v) is 3.28. The van der Waals surface area contributed by atoms with Crippen LogP contribution < -0.4 is 0 Å². The van der Waals surface area contributed by atoms with Gasteiger partial charge in [-0.1, -0.05) is 55.8 Å². The lowest BCUT2D eigenvalue weighted by Crippen LogP contribution is -2.35. The van der Waals surface area contributed by atoms with Gasteiger partial charge in [-0.2, -0.15) is 0 Å². The number of aromatic nitrogens is 2. The zero-order valence-corrected chi connectivity index (χ0v) is 16.6. The first-order chi connectivity index (χ1) is 13.4. The van der Waals surface area contributed by atoms with Crippen LogP contribution in [0.3, 0.4) is 0 Å². The van der Waals surface area contributed by atoms with Crippen molar-refractivity contribution in [1.82, 2.24) is 14.5 Å². The highest BCUT2D eigenvalue weighted by Gasteiger charge is 2.21. The van der Waals surface area contributed by atoms with E-state index in [1.54, 1.807) is 23.2 Å². The maximum atomic E-state index is 14.2. The summed E-state index contributed by atoms with van der Waals surface area (Å²) in [6.07, 6.45) is 3.66. The van der Waals surface area contributed by atoms with E-state index in [0.29, 0.717) is 19.6 Å². The molecule has 1 aromatic heterocycles. The standard InChI is InChI=1S/C23H26FN3O/c1-17(2)14-27(23(28)20-9-4-5-10-21(20)24)16-22-25-11-12-26(22)15-19-8-6-7-18(3)13-19/h4-13,17H,14-16H2,1-3H3. The molecule has 3 rings (SSSR count). The molecule has 0 aliphatic carbocycles. The van der Waals surface area contributed by atoms with Gasteiger partial charge in [0.05, 0.1) is 12.1 Å². The summed E-state index contributed by atoms with van der Waals surface area (Å²) in [6, 6.07) is 14.4. The van der Waals surface area contributed by atoms with Crippen LogP contribution in [0.25, 0.3) is 0 Å². The Balaban J connectivity index is 1.83. The number of hydrogen-bond donors (Lipinski definition) is 0. The van der Waals surface area contributed by atoms with Gasteiger partial charge in [-0.15, -0.1) is 0 Å². The Bertz CT molecular complexity index is 948. The van der Waals surface area contributed by atoms with Gasteiger partial charge in [0.15, 0.2) is 0 Å². The first-order valence-electron chi connectivity index (χ1n) is 9.53. The summed E-state index contributed by atoms with van der Waals surface area (Å²) >= 11 is 0. The Hall–Kier alpha value is -2.95. The minimum Gasteiger partial charge on any atom is -0.331 e. The van der Waals surface area contributed by atoms with Crippen LogP contribution in [0.15, 0.2) is 60.9 Å². The van der Waals surface area contributed by atoms with Gasteiger partial charge >= 0.3 is 0 Å². The van der Waals surface area contributed by atoms with Crippen molar-refractivity contribution in [3.8, 4) is 0 Å². The van der Waals surface area contributed by atoms with Crippen molar-refractivity contribution in [2.75, 3.05) is 6.54 Å². The SMILES string of the molecule is Cc1cccc(Cn2ccnc2CN(CC(C)C)C(=O)c2ccccc2F)c1. The molecule has 3 aromatic rings. The Morgan fingerprint density at radius 3 is 2.68 bits per heavy atom. The molecule has 146 valence electrons. The molecule has 2 aromatic carbocycles. The fraction of sp³-hybridized carbons (Fsp3) is 0.304. The first-order valence-corrected chi connectivity index (χ1v) is 9.53. The zero-order valence-electron chi connectivity index (χ0n) is 16.6. The van der Waals surface area contributed by atoms with E-state index in [2.05, 4.69) is 30.1 Å². The van der Waals surface area contributed by atoms with Crippen LogP contribution in [0.5, 0.6) is 0 Å². The highest BCUT2D eigenvalue weighted by molar-refractivity contribution is 5.94. The average Bonchev–Trinajstić information content (AvgIpc) is 3.07. The topological polar surface area (TPSA) is 38.1 Å². The van der Waals surface area contributed by atoms with Crippen molar-refractivity contribution in [3.05, 3.63) is 89.3 Å². The van der Waals surface area contributed by atoms with Gasteiger partial charge < -0.3 is 9.47 Å². The summed E-state index contributed by atoms with van der Waals surface area (Å²) in [5, 5.41) is 0. The number of rotatable bonds is 7. The molecule has 0 atom stereocenters. The molecule has 0 aliphatic rings. The maximum Gasteiger partial charge on any atom is 0.257 e. The van der Waals surface area contributed by atoms with Crippen molar-refractivity contribution < 1.29 is 9.18 Å². The monoisotopic (exact) mass is 379 g/mol. The normalized spacial score (nSPS) is 11.0. The molecular formula is C23H26FN3O. The number of halogens is 1. The molecule has 5 heteroatoms. The predicted molar refractivity (Wildman–Crippen MR) is 108 cm³/mol. The second kappa shape index (κ2) is 8.83. The third-order valence-electron chi connectivity index (χ3n) is 4.55.